The Morgan fingerprint density at radius 1 is 1.00 bits per heavy atom. The van der Waals surface area contributed by atoms with E-state index in [2.05, 4.69) is 5.32 Å². The third-order valence-electron chi connectivity index (χ3n) is 3.24. The highest BCUT2D eigenvalue weighted by atomic mass is 19.4. The Labute approximate surface area is 120 Å². The van der Waals surface area contributed by atoms with Crippen LogP contribution in [0.2, 0.25) is 0 Å². The highest BCUT2D eigenvalue weighted by molar-refractivity contribution is 5.45. The van der Waals surface area contributed by atoms with Crippen LogP contribution in [0.5, 0.6) is 0 Å². The molecule has 0 radical (unpaired) electrons. The number of halogens is 4. The van der Waals surface area contributed by atoms with E-state index in [1.165, 1.54) is 24.3 Å². The Hall–Kier alpha value is -2.04. The Kier molecular flexibility index (Phi) is 4.50. The SMILES string of the molecule is Cc1cc(F)ccc1CCNc1ccc(C(F)(F)F)cc1. The van der Waals surface area contributed by atoms with Crippen molar-refractivity contribution in [3.63, 3.8) is 0 Å². The van der Waals surface area contributed by atoms with Crippen LogP contribution in [0.25, 0.3) is 0 Å². The molecule has 0 fully saturated rings. The molecule has 2 aromatic carbocycles. The van der Waals surface area contributed by atoms with E-state index in [9.17, 15) is 17.6 Å². The van der Waals surface area contributed by atoms with Crippen molar-refractivity contribution in [3.05, 3.63) is 65.0 Å². The summed E-state index contributed by atoms with van der Waals surface area (Å²) in [5.41, 5.74) is 1.84. The fourth-order valence-corrected chi connectivity index (χ4v) is 2.06. The second kappa shape index (κ2) is 6.16. The third kappa shape index (κ3) is 4.21. The van der Waals surface area contributed by atoms with Gasteiger partial charge in [-0.05, 0) is 60.9 Å². The van der Waals surface area contributed by atoms with Gasteiger partial charge in [0, 0.05) is 12.2 Å². The first-order chi connectivity index (χ1) is 9.86. The number of rotatable bonds is 4. The van der Waals surface area contributed by atoms with Crippen molar-refractivity contribution in [3.8, 4) is 0 Å². The van der Waals surface area contributed by atoms with E-state index in [1.54, 1.807) is 6.07 Å². The summed E-state index contributed by atoms with van der Waals surface area (Å²) in [5, 5.41) is 3.05. The maximum absolute atomic E-state index is 13.0. The van der Waals surface area contributed by atoms with Gasteiger partial charge < -0.3 is 5.32 Å². The van der Waals surface area contributed by atoms with E-state index in [-0.39, 0.29) is 5.82 Å². The van der Waals surface area contributed by atoms with Crippen LogP contribution in [0.3, 0.4) is 0 Å². The van der Waals surface area contributed by atoms with E-state index in [4.69, 9.17) is 0 Å². The molecule has 21 heavy (non-hydrogen) atoms. The lowest BCUT2D eigenvalue weighted by atomic mass is 10.1. The predicted octanol–water partition coefficient (Wildman–Crippen LogP) is 4.81. The highest BCUT2D eigenvalue weighted by Gasteiger charge is 2.29. The second-order valence-electron chi connectivity index (χ2n) is 4.82. The molecule has 1 N–H and O–H groups in total. The van der Waals surface area contributed by atoms with Crippen molar-refractivity contribution in [1.29, 1.82) is 0 Å². The zero-order valence-electron chi connectivity index (χ0n) is 11.5. The molecule has 2 rings (SSSR count). The normalized spacial score (nSPS) is 11.5. The number of hydrogen-bond acceptors (Lipinski definition) is 1. The van der Waals surface area contributed by atoms with E-state index in [0.717, 1.165) is 23.3 Å². The van der Waals surface area contributed by atoms with Crippen molar-refractivity contribution in [2.24, 2.45) is 0 Å². The fourth-order valence-electron chi connectivity index (χ4n) is 2.06. The minimum Gasteiger partial charge on any atom is -0.385 e. The second-order valence-corrected chi connectivity index (χ2v) is 4.82. The molecule has 0 bridgehead atoms. The van der Waals surface area contributed by atoms with Crippen molar-refractivity contribution in [2.75, 3.05) is 11.9 Å². The molecule has 0 unspecified atom stereocenters. The van der Waals surface area contributed by atoms with Crippen LogP contribution in [-0.4, -0.2) is 6.54 Å². The zero-order valence-corrected chi connectivity index (χ0v) is 11.5. The summed E-state index contributed by atoms with van der Waals surface area (Å²) in [4.78, 5) is 0. The van der Waals surface area contributed by atoms with Gasteiger partial charge in [-0.15, -0.1) is 0 Å². The maximum atomic E-state index is 13.0. The first-order valence-electron chi connectivity index (χ1n) is 6.52. The summed E-state index contributed by atoms with van der Waals surface area (Å²) in [6.07, 6.45) is -3.64. The van der Waals surface area contributed by atoms with Crippen LogP contribution in [-0.2, 0) is 12.6 Å². The lowest BCUT2D eigenvalue weighted by Gasteiger charge is -2.10. The molecule has 0 aliphatic carbocycles. The summed E-state index contributed by atoms with van der Waals surface area (Å²) in [6, 6.07) is 9.49. The number of aryl methyl sites for hydroxylation is 1. The molecule has 0 atom stereocenters. The van der Waals surface area contributed by atoms with E-state index in [1.807, 2.05) is 6.92 Å². The molecule has 0 spiro atoms. The Balaban J connectivity index is 1.91. The fraction of sp³-hybridized carbons (Fsp3) is 0.250. The van der Waals surface area contributed by atoms with Gasteiger partial charge in [-0.25, -0.2) is 4.39 Å². The third-order valence-corrected chi connectivity index (χ3v) is 3.24. The highest BCUT2D eigenvalue weighted by Crippen LogP contribution is 2.29. The lowest BCUT2D eigenvalue weighted by Crippen LogP contribution is -2.07. The zero-order chi connectivity index (χ0) is 15.5. The standard InChI is InChI=1S/C16H15F4N/c1-11-10-14(17)5-2-12(11)8-9-21-15-6-3-13(4-7-15)16(18,19)20/h2-7,10,21H,8-9H2,1H3. The van der Waals surface area contributed by atoms with Gasteiger partial charge in [0.05, 0.1) is 5.56 Å². The predicted molar refractivity (Wildman–Crippen MR) is 74.8 cm³/mol. The molecule has 0 saturated carbocycles. The van der Waals surface area contributed by atoms with Crippen molar-refractivity contribution in [2.45, 2.75) is 19.5 Å². The molecule has 112 valence electrons. The van der Waals surface area contributed by atoms with Gasteiger partial charge in [-0.1, -0.05) is 6.07 Å². The Morgan fingerprint density at radius 3 is 2.24 bits per heavy atom. The van der Waals surface area contributed by atoms with Gasteiger partial charge in [0.2, 0.25) is 0 Å². The molecule has 0 aromatic heterocycles. The van der Waals surface area contributed by atoms with E-state index < -0.39 is 11.7 Å². The van der Waals surface area contributed by atoms with Gasteiger partial charge in [0.15, 0.2) is 0 Å². The number of nitrogens with one attached hydrogen (secondary N) is 1. The minimum absolute atomic E-state index is 0.271. The molecule has 0 aliphatic heterocycles. The van der Waals surface area contributed by atoms with Gasteiger partial charge in [0.1, 0.15) is 5.82 Å². The summed E-state index contributed by atoms with van der Waals surface area (Å²) in [5.74, 6) is -0.271. The van der Waals surface area contributed by atoms with Crippen molar-refractivity contribution in [1.82, 2.24) is 0 Å². The average molecular weight is 297 g/mol. The van der Waals surface area contributed by atoms with Gasteiger partial charge in [-0.3, -0.25) is 0 Å². The average Bonchev–Trinajstić information content (AvgIpc) is 2.41. The first kappa shape index (κ1) is 15.4. The molecule has 1 nitrogen and oxygen atoms in total. The quantitative estimate of drug-likeness (QED) is 0.799. The van der Waals surface area contributed by atoms with Crippen LogP contribution in [0, 0.1) is 12.7 Å². The molecule has 0 saturated heterocycles. The summed E-state index contributed by atoms with van der Waals surface area (Å²) >= 11 is 0. The smallest absolute Gasteiger partial charge is 0.385 e. The largest absolute Gasteiger partial charge is 0.416 e. The summed E-state index contributed by atoms with van der Waals surface area (Å²) < 4.78 is 50.2. The summed E-state index contributed by atoms with van der Waals surface area (Å²) in [6.45, 7) is 2.40. The van der Waals surface area contributed by atoms with Crippen LogP contribution >= 0.6 is 0 Å². The van der Waals surface area contributed by atoms with Crippen molar-refractivity contribution < 1.29 is 17.6 Å². The molecule has 5 heteroatoms. The van der Waals surface area contributed by atoms with E-state index in [0.29, 0.717) is 18.7 Å². The minimum atomic E-state index is -4.32. The van der Waals surface area contributed by atoms with Gasteiger partial charge in [-0.2, -0.15) is 13.2 Å². The number of benzene rings is 2. The molecular formula is C16H15F4N. The van der Waals surface area contributed by atoms with Crippen LogP contribution in [0.1, 0.15) is 16.7 Å². The van der Waals surface area contributed by atoms with Crippen LogP contribution in [0.4, 0.5) is 23.2 Å². The Morgan fingerprint density at radius 2 is 1.67 bits per heavy atom. The molecule has 0 amide bonds. The first-order valence-corrected chi connectivity index (χ1v) is 6.52. The lowest BCUT2D eigenvalue weighted by molar-refractivity contribution is -0.137. The molecule has 0 heterocycles. The molecule has 2 aromatic rings. The number of alkyl halides is 3. The maximum Gasteiger partial charge on any atom is 0.416 e. The van der Waals surface area contributed by atoms with Crippen molar-refractivity contribution >= 4 is 5.69 Å². The molecular weight excluding hydrogens is 282 g/mol. The number of hydrogen-bond donors (Lipinski definition) is 1. The topological polar surface area (TPSA) is 12.0 Å². The molecule has 0 aliphatic rings. The Bertz CT molecular complexity index is 603. The monoisotopic (exact) mass is 297 g/mol. The van der Waals surface area contributed by atoms with Gasteiger partial charge in [0.25, 0.3) is 0 Å². The summed E-state index contributed by atoms with van der Waals surface area (Å²) in [7, 11) is 0. The van der Waals surface area contributed by atoms with E-state index >= 15 is 0 Å². The van der Waals surface area contributed by atoms with Crippen LogP contribution in [0.15, 0.2) is 42.5 Å². The van der Waals surface area contributed by atoms with Gasteiger partial charge >= 0.3 is 6.18 Å². The number of anilines is 1. The van der Waals surface area contributed by atoms with Crippen LogP contribution < -0.4 is 5.32 Å².